The van der Waals surface area contributed by atoms with Gasteiger partial charge >= 0.3 is 0 Å². The lowest BCUT2D eigenvalue weighted by atomic mass is 10.1. The van der Waals surface area contributed by atoms with E-state index in [-0.39, 0.29) is 5.69 Å². The van der Waals surface area contributed by atoms with Crippen molar-refractivity contribution in [2.24, 2.45) is 0 Å². The van der Waals surface area contributed by atoms with Gasteiger partial charge in [-0.05, 0) is 55.5 Å². The quantitative estimate of drug-likeness (QED) is 0.237. The number of pyridine rings is 1. The van der Waals surface area contributed by atoms with Crippen LogP contribution >= 0.6 is 0 Å². The summed E-state index contributed by atoms with van der Waals surface area (Å²) in [5.41, 5.74) is 5.16. The van der Waals surface area contributed by atoms with E-state index < -0.39 is 4.92 Å². The fraction of sp³-hybridized carbons (Fsp3) is 0.240. The van der Waals surface area contributed by atoms with E-state index in [0.717, 1.165) is 36.2 Å². The first-order valence-corrected chi connectivity index (χ1v) is 10.1. The van der Waals surface area contributed by atoms with Crippen LogP contribution in [0.5, 0.6) is 0 Å². The Balaban J connectivity index is 1.43. The minimum Gasteiger partial charge on any atom is -0.375 e. The number of nitro benzene ring substituents is 1. The first kappa shape index (κ1) is 21.4. The van der Waals surface area contributed by atoms with E-state index in [1.54, 1.807) is 12.1 Å². The van der Waals surface area contributed by atoms with Gasteiger partial charge < -0.3 is 4.74 Å². The van der Waals surface area contributed by atoms with Gasteiger partial charge in [-0.1, -0.05) is 54.1 Å². The Hall–Kier alpha value is -3.31. The van der Waals surface area contributed by atoms with Gasteiger partial charge in [-0.25, -0.2) is 0 Å². The number of aromatic nitrogens is 1. The molecule has 0 N–H and O–H groups in total. The summed E-state index contributed by atoms with van der Waals surface area (Å²) in [5, 5.41) is 10.9. The molecule has 0 atom stereocenters. The lowest BCUT2D eigenvalue weighted by molar-refractivity contribution is -0.384. The number of hydrogen-bond donors (Lipinski definition) is 0. The van der Waals surface area contributed by atoms with Gasteiger partial charge in [0.1, 0.15) is 0 Å². The van der Waals surface area contributed by atoms with Gasteiger partial charge in [0.25, 0.3) is 5.69 Å². The number of rotatable bonds is 10. The topological polar surface area (TPSA) is 65.3 Å². The Morgan fingerprint density at radius 2 is 1.80 bits per heavy atom. The van der Waals surface area contributed by atoms with Crippen LogP contribution in [0.2, 0.25) is 0 Å². The highest BCUT2D eigenvalue weighted by atomic mass is 16.6. The van der Waals surface area contributed by atoms with E-state index in [0.29, 0.717) is 13.2 Å². The van der Waals surface area contributed by atoms with Crippen molar-refractivity contribution in [2.45, 2.75) is 32.8 Å². The van der Waals surface area contributed by atoms with Crippen molar-refractivity contribution in [1.82, 2.24) is 4.98 Å². The normalized spacial score (nSPS) is 11.1. The summed E-state index contributed by atoms with van der Waals surface area (Å²) < 4.78 is 5.78. The number of non-ortho nitro benzene ring substituents is 1. The minimum atomic E-state index is -0.395. The van der Waals surface area contributed by atoms with E-state index in [2.05, 4.69) is 36.2 Å². The maximum atomic E-state index is 10.9. The molecule has 0 amide bonds. The summed E-state index contributed by atoms with van der Waals surface area (Å²) in [6.45, 7) is 3.29. The molecule has 0 saturated heterocycles. The van der Waals surface area contributed by atoms with E-state index in [1.807, 2.05) is 36.4 Å². The first-order chi connectivity index (χ1) is 14.6. The van der Waals surface area contributed by atoms with E-state index in [1.165, 1.54) is 17.2 Å². The molecule has 3 rings (SSSR count). The van der Waals surface area contributed by atoms with Crippen LogP contribution in [0.25, 0.3) is 12.2 Å². The molecule has 0 aliphatic carbocycles. The molecule has 0 aliphatic rings. The lowest BCUT2D eigenvalue weighted by Gasteiger charge is -2.05. The van der Waals surface area contributed by atoms with Gasteiger partial charge in [0.15, 0.2) is 0 Å². The van der Waals surface area contributed by atoms with Crippen molar-refractivity contribution in [3.63, 3.8) is 0 Å². The van der Waals surface area contributed by atoms with Gasteiger partial charge in [0.05, 0.1) is 22.9 Å². The maximum Gasteiger partial charge on any atom is 0.270 e. The summed E-state index contributed by atoms with van der Waals surface area (Å²) >= 11 is 0. The predicted octanol–water partition coefficient (Wildman–Crippen LogP) is 6.01. The third-order valence-corrected chi connectivity index (χ3v) is 4.73. The third kappa shape index (κ3) is 6.94. The van der Waals surface area contributed by atoms with Crippen molar-refractivity contribution in [3.05, 3.63) is 105 Å². The van der Waals surface area contributed by atoms with Crippen molar-refractivity contribution < 1.29 is 9.66 Å². The monoisotopic (exact) mass is 402 g/mol. The molecule has 0 radical (unpaired) electrons. The Bertz CT molecular complexity index is 997. The maximum absolute atomic E-state index is 10.9. The van der Waals surface area contributed by atoms with Crippen molar-refractivity contribution in [2.75, 3.05) is 6.61 Å². The number of aryl methyl sites for hydroxylation is 2. The molecule has 0 unspecified atom stereocenters. The van der Waals surface area contributed by atoms with Gasteiger partial charge in [-0.15, -0.1) is 0 Å². The van der Waals surface area contributed by atoms with Gasteiger partial charge in [0, 0.05) is 18.7 Å². The third-order valence-electron chi connectivity index (χ3n) is 4.73. The van der Waals surface area contributed by atoms with E-state index in [9.17, 15) is 10.1 Å². The van der Waals surface area contributed by atoms with Crippen LogP contribution in [0.15, 0.2) is 66.7 Å². The molecule has 30 heavy (non-hydrogen) atoms. The second-order valence-electron chi connectivity index (χ2n) is 7.23. The number of nitrogens with zero attached hydrogens (tertiary/aromatic N) is 2. The SMILES string of the molecule is Cc1ccc(CCCCOCc2cccc(/C=C/c3cccc([N+](=O)[O-])c3)n2)cc1. The number of ether oxygens (including phenoxy) is 1. The lowest BCUT2D eigenvalue weighted by Crippen LogP contribution is -1.99. The minimum absolute atomic E-state index is 0.0784. The second-order valence-corrected chi connectivity index (χ2v) is 7.23. The fourth-order valence-electron chi connectivity index (χ4n) is 3.06. The molecule has 1 aromatic heterocycles. The highest BCUT2D eigenvalue weighted by Gasteiger charge is 2.04. The molecule has 0 fully saturated rings. The smallest absolute Gasteiger partial charge is 0.270 e. The average Bonchev–Trinajstić information content (AvgIpc) is 2.76. The van der Waals surface area contributed by atoms with E-state index >= 15 is 0 Å². The second kappa shape index (κ2) is 11.0. The van der Waals surface area contributed by atoms with Crippen LogP contribution in [0.1, 0.15) is 40.9 Å². The zero-order valence-electron chi connectivity index (χ0n) is 17.2. The van der Waals surface area contributed by atoms with Crippen LogP contribution in [-0.2, 0) is 17.8 Å². The molecule has 2 aromatic carbocycles. The van der Waals surface area contributed by atoms with Crippen LogP contribution in [0.3, 0.4) is 0 Å². The molecule has 0 saturated carbocycles. The summed E-state index contributed by atoms with van der Waals surface area (Å²) in [4.78, 5) is 15.1. The molecule has 0 aliphatic heterocycles. The van der Waals surface area contributed by atoms with Crippen LogP contribution in [-0.4, -0.2) is 16.5 Å². The zero-order chi connectivity index (χ0) is 21.2. The van der Waals surface area contributed by atoms with Crippen molar-refractivity contribution in [1.29, 1.82) is 0 Å². The van der Waals surface area contributed by atoms with Crippen LogP contribution in [0, 0.1) is 17.0 Å². The Morgan fingerprint density at radius 1 is 1.00 bits per heavy atom. The van der Waals surface area contributed by atoms with Crippen molar-refractivity contribution in [3.8, 4) is 0 Å². The Morgan fingerprint density at radius 3 is 2.60 bits per heavy atom. The number of unbranched alkanes of at least 4 members (excludes halogenated alkanes) is 1. The van der Waals surface area contributed by atoms with Gasteiger partial charge in [-0.2, -0.15) is 0 Å². The number of hydrogen-bond acceptors (Lipinski definition) is 4. The fourth-order valence-corrected chi connectivity index (χ4v) is 3.06. The molecular weight excluding hydrogens is 376 g/mol. The molecule has 3 aromatic rings. The molecule has 154 valence electrons. The highest BCUT2D eigenvalue weighted by Crippen LogP contribution is 2.15. The Labute approximate surface area is 177 Å². The molecule has 0 spiro atoms. The van der Waals surface area contributed by atoms with Crippen LogP contribution in [0.4, 0.5) is 5.69 Å². The number of nitro groups is 1. The first-order valence-electron chi connectivity index (χ1n) is 10.1. The molecule has 1 heterocycles. The number of benzene rings is 2. The largest absolute Gasteiger partial charge is 0.375 e. The molecule has 5 nitrogen and oxygen atoms in total. The molecular formula is C25H26N2O3. The standard InChI is InChI=1S/C25H26N2O3/c1-20-11-13-21(14-12-20)6-2-3-17-30-19-24-9-5-8-23(26-24)16-15-22-7-4-10-25(18-22)27(28)29/h4-5,7-16,18H,2-3,6,17,19H2,1H3/b16-15+. The summed E-state index contributed by atoms with van der Waals surface area (Å²) in [6, 6.07) is 21.0. The average molecular weight is 402 g/mol. The zero-order valence-corrected chi connectivity index (χ0v) is 17.2. The van der Waals surface area contributed by atoms with Gasteiger partial charge in [0.2, 0.25) is 0 Å². The summed E-state index contributed by atoms with van der Waals surface area (Å²) in [5.74, 6) is 0. The van der Waals surface area contributed by atoms with E-state index in [4.69, 9.17) is 4.74 Å². The van der Waals surface area contributed by atoms with Crippen molar-refractivity contribution >= 4 is 17.8 Å². The van der Waals surface area contributed by atoms with Gasteiger partial charge in [-0.3, -0.25) is 15.1 Å². The predicted molar refractivity (Wildman–Crippen MR) is 120 cm³/mol. The highest BCUT2D eigenvalue weighted by molar-refractivity contribution is 5.69. The molecule has 5 heteroatoms. The summed E-state index contributed by atoms with van der Waals surface area (Å²) in [6.07, 6.45) is 6.86. The van der Waals surface area contributed by atoms with Crippen LogP contribution < -0.4 is 0 Å². The Kier molecular flexibility index (Phi) is 7.86. The summed E-state index contributed by atoms with van der Waals surface area (Å²) in [7, 11) is 0. The molecule has 0 bridgehead atoms.